The van der Waals surface area contributed by atoms with E-state index in [0.29, 0.717) is 5.69 Å². The third-order valence-corrected chi connectivity index (χ3v) is 5.21. The molecule has 0 aliphatic heterocycles. The van der Waals surface area contributed by atoms with Gasteiger partial charge in [-0.05, 0) is 17.7 Å². The molecule has 0 radical (unpaired) electrons. The number of carbonyl (C=O) groups is 1. The van der Waals surface area contributed by atoms with Gasteiger partial charge in [0.2, 0.25) is 0 Å². The quantitative estimate of drug-likeness (QED) is 0.507. The summed E-state index contributed by atoms with van der Waals surface area (Å²) in [6, 6.07) is 20.8. The van der Waals surface area contributed by atoms with Gasteiger partial charge in [-0.25, -0.2) is 4.98 Å². The van der Waals surface area contributed by atoms with E-state index in [1.165, 1.54) is 11.3 Å². The molecule has 0 aliphatic rings. The maximum Gasteiger partial charge on any atom is 0.270 e. The highest BCUT2D eigenvalue weighted by atomic mass is 32.1. The molecule has 2 aromatic heterocycles. The van der Waals surface area contributed by atoms with E-state index in [0.717, 1.165) is 27.5 Å². The molecule has 1 amide bonds. The average Bonchev–Trinajstić information content (AvgIpc) is 3.45. The molecule has 6 heteroatoms. The van der Waals surface area contributed by atoms with Crippen molar-refractivity contribution in [2.75, 3.05) is 6.54 Å². The second-order valence-corrected chi connectivity index (χ2v) is 7.09. The largest absolute Gasteiger partial charge is 0.464 e. The van der Waals surface area contributed by atoms with Crippen LogP contribution < -0.4 is 5.32 Å². The van der Waals surface area contributed by atoms with Crippen LogP contribution in [0, 0.1) is 0 Å². The van der Waals surface area contributed by atoms with Gasteiger partial charge in [0, 0.05) is 23.1 Å². The number of aliphatic hydroxyl groups excluding tert-OH is 1. The lowest BCUT2D eigenvalue weighted by Gasteiger charge is -2.12. The van der Waals surface area contributed by atoms with Crippen LogP contribution in [0.5, 0.6) is 0 Å². The summed E-state index contributed by atoms with van der Waals surface area (Å²) < 4.78 is 5.36. The monoisotopic (exact) mass is 390 g/mol. The Morgan fingerprint density at radius 3 is 2.54 bits per heavy atom. The molecule has 0 unspecified atom stereocenters. The molecule has 4 aromatic rings. The Labute approximate surface area is 166 Å². The Balaban J connectivity index is 1.36. The van der Waals surface area contributed by atoms with Crippen LogP contribution in [0.25, 0.3) is 21.9 Å². The first-order chi connectivity index (χ1) is 13.7. The maximum atomic E-state index is 12.3. The summed E-state index contributed by atoms with van der Waals surface area (Å²) in [5.74, 6) is 0.469. The minimum Gasteiger partial charge on any atom is -0.464 e. The van der Waals surface area contributed by atoms with Gasteiger partial charge in [0.05, 0.1) is 12.4 Å². The lowest BCUT2D eigenvalue weighted by atomic mass is 10.1. The van der Waals surface area contributed by atoms with Crippen molar-refractivity contribution in [3.05, 3.63) is 89.6 Å². The minimum atomic E-state index is -0.804. The zero-order valence-electron chi connectivity index (χ0n) is 14.9. The molecule has 2 heterocycles. The van der Waals surface area contributed by atoms with Gasteiger partial charge in [0.1, 0.15) is 16.5 Å². The van der Waals surface area contributed by atoms with Crippen LogP contribution in [-0.4, -0.2) is 22.5 Å². The molecule has 0 bridgehead atoms. The van der Waals surface area contributed by atoms with Crippen molar-refractivity contribution >= 4 is 17.2 Å². The molecular formula is C22H18N2O3S. The van der Waals surface area contributed by atoms with Crippen LogP contribution in [0.3, 0.4) is 0 Å². The molecule has 0 saturated heterocycles. The van der Waals surface area contributed by atoms with Crippen LogP contribution in [0.1, 0.15) is 22.2 Å². The van der Waals surface area contributed by atoms with Crippen molar-refractivity contribution in [2.45, 2.75) is 6.10 Å². The number of hydrogen-bond donors (Lipinski definition) is 2. The number of rotatable bonds is 6. The van der Waals surface area contributed by atoms with Gasteiger partial charge in [-0.3, -0.25) is 4.79 Å². The fraction of sp³-hybridized carbons (Fsp3) is 0.0909. The van der Waals surface area contributed by atoms with Gasteiger partial charge in [-0.2, -0.15) is 0 Å². The molecule has 140 valence electrons. The zero-order chi connectivity index (χ0) is 19.3. The van der Waals surface area contributed by atoms with E-state index in [4.69, 9.17) is 4.42 Å². The summed E-state index contributed by atoms with van der Waals surface area (Å²) in [5, 5.41) is 15.6. The lowest BCUT2D eigenvalue weighted by molar-refractivity contribution is 0.0912. The van der Waals surface area contributed by atoms with Crippen LogP contribution in [-0.2, 0) is 0 Å². The SMILES string of the molecule is O=C(NC[C@H](O)c1ccc(-c2ccco2)cc1)c1csc(-c2ccccc2)n1. The summed E-state index contributed by atoms with van der Waals surface area (Å²) in [5.41, 5.74) is 2.98. The molecule has 2 N–H and O–H groups in total. The molecular weight excluding hydrogens is 372 g/mol. The molecule has 1 atom stereocenters. The first-order valence-corrected chi connectivity index (χ1v) is 9.70. The van der Waals surface area contributed by atoms with E-state index in [2.05, 4.69) is 10.3 Å². The number of nitrogens with one attached hydrogen (secondary N) is 1. The van der Waals surface area contributed by atoms with Crippen LogP contribution in [0.4, 0.5) is 0 Å². The van der Waals surface area contributed by atoms with E-state index in [9.17, 15) is 9.90 Å². The average molecular weight is 390 g/mol. The van der Waals surface area contributed by atoms with E-state index in [-0.39, 0.29) is 12.5 Å². The minimum absolute atomic E-state index is 0.108. The molecule has 5 nitrogen and oxygen atoms in total. The number of carbonyl (C=O) groups excluding carboxylic acids is 1. The van der Waals surface area contributed by atoms with Crippen molar-refractivity contribution in [3.8, 4) is 21.9 Å². The highest BCUT2D eigenvalue weighted by Gasteiger charge is 2.14. The topological polar surface area (TPSA) is 75.4 Å². The van der Waals surface area contributed by atoms with Crippen LogP contribution in [0.2, 0.25) is 0 Å². The standard InChI is InChI=1S/C22H18N2O3S/c25-19(15-8-10-16(11-9-15)20-7-4-12-27-20)13-23-21(26)18-14-28-22(24-18)17-5-2-1-3-6-17/h1-12,14,19,25H,13H2,(H,23,26)/t19-/m0/s1. The highest BCUT2D eigenvalue weighted by Crippen LogP contribution is 2.24. The molecule has 0 spiro atoms. The van der Waals surface area contributed by atoms with Gasteiger partial charge in [0.15, 0.2) is 0 Å². The molecule has 2 aromatic carbocycles. The Hall–Kier alpha value is -3.22. The summed E-state index contributed by atoms with van der Waals surface area (Å²) in [7, 11) is 0. The van der Waals surface area contributed by atoms with Gasteiger partial charge >= 0.3 is 0 Å². The normalized spacial score (nSPS) is 11.9. The van der Waals surface area contributed by atoms with Crippen LogP contribution >= 0.6 is 11.3 Å². The molecule has 0 saturated carbocycles. The van der Waals surface area contributed by atoms with Gasteiger partial charge < -0.3 is 14.8 Å². The molecule has 4 rings (SSSR count). The molecule has 28 heavy (non-hydrogen) atoms. The number of aromatic nitrogens is 1. The number of furan rings is 1. The number of nitrogens with zero attached hydrogens (tertiary/aromatic N) is 1. The summed E-state index contributed by atoms with van der Waals surface area (Å²) in [6.45, 7) is 0.108. The Bertz CT molecular complexity index is 1040. The lowest BCUT2D eigenvalue weighted by Crippen LogP contribution is -2.28. The van der Waals surface area contributed by atoms with Crippen molar-refractivity contribution in [2.24, 2.45) is 0 Å². The third kappa shape index (κ3) is 4.03. The smallest absolute Gasteiger partial charge is 0.270 e. The Kier molecular flexibility index (Phi) is 5.32. The molecule has 0 fully saturated rings. The Morgan fingerprint density at radius 2 is 1.82 bits per heavy atom. The van der Waals surface area contributed by atoms with Gasteiger partial charge in [0.25, 0.3) is 5.91 Å². The number of hydrogen-bond acceptors (Lipinski definition) is 5. The number of amides is 1. The van der Waals surface area contributed by atoms with E-state index >= 15 is 0 Å². The van der Waals surface area contributed by atoms with E-state index in [1.807, 2.05) is 66.7 Å². The maximum absolute atomic E-state index is 12.3. The summed E-state index contributed by atoms with van der Waals surface area (Å²) >= 11 is 1.42. The van der Waals surface area contributed by atoms with Crippen LogP contribution in [0.15, 0.2) is 82.8 Å². The van der Waals surface area contributed by atoms with Crippen molar-refractivity contribution in [1.29, 1.82) is 0 Å². The first kappa shape index (κ1) is 18.2. The summed E-state index contributed by atoms with van der Waals surface area (Å²) in [6.07, 6.45) is 0.816. The number of thiazole rings is 1. The predicted molar refractivity (Wildman–Crippen MR) is 109 cm³/mol. The fourth-order valence-corrected chi connectivity index (χ4v) is 3.61. The van der Waals surface area contributed by atoms with Crippen molar-refractivity contribution < 1.29 is 14.3 Å². The second-order valence-electron chi connectivity index (χ2n) is 6.23. The van der Waals surface area contributed by atoms with Gasteiger partial charge in [-0.15, -0.1) is 11.3 Å². The van der Waals surface area contributed by atoms with Crippen molar-refractivity contribution in [3.63, 3.8) is 0 Å². The van der Waals surface area contributed by atoms with Crippen molar-refractivity contribution in [1.82, 2.24) is 10.3 Å². The predicted octanol–water partition coefficient (Wildman–Crippen LogP) is 4.53. The fourth-order valence-electron chi connectivity index (χ4n) is 2.80. The first-order valence-electron chi connectivity index (χ1n) is 8.82. The molecule has 0 aliphatic carbocycles. The van der Waals surface area contributed by atoms with Gasteiger partial charge in [-0.1, -0.05) is 54.6 Å². The Morgan fingerprint density at radius 1 is 1.04 bits per heavy atom. The number of benzene rings is 2. The second kappa shape index (κ2) is 8.21. The summed E-state index contributed by atoms with van der Waals surface area (Å²) in [4.78, 5) is 16.7. The van der Waals surface area contributed by atoms with E-state index < -0.39 is 6.10 Å². The van der Waals surface area contributed by atoms with E-state index in [1.54, 1.807) is 11.6 Å². The number of aliphatic hydroxyl groups is 1. The zero-order valence-corrected chi connectivity index (χ0v) is 15.7. The third-order valence-electron chi connectivity index (χ3n) is 4.31. The highest BCUT2D eigenvalue weighted by molar-refractivity contribution is 7.13.